The molecule has 5 nitrogen and oxygen atoms in total. The molecule has 0 aromatic rings. The van der Waals surface area contributed by atoms with E-state index in [1.807, 2.05) is 0 Å². The fourth-order valence-corrected chi connectivity index (χ4v) is 3.16. The topological polar surface area (TPSA) is 67.4 Å². The van der Waals surface area contributed by atoms with E-state index in [-0.39, 0.29) is 29.8 Å². The van der Waals surface area contributed by atoms with Crippen LogP contribution in [0.1, 0.15) is 51.4 Å². The van der Waals surface area contributed by atoms with Crippen LogP contribution >= 0.6 is 12.4 Å². The van der Waals surface area contributed by atoms with E-state index in [0.29, 0.717) is 18.8 Å². The minimum absolute atomic E-state index is 0. The molecule has 2 aliphatic rings. The third-order valence-corrected chi connectivity index (χ3v) is 4.66. The van der Waals surface area contributed by atoms with E-state index in [9.17, 15) is 9.59 Å². The number of hydrogen-bond donors (Lipinski definition) is 2. The summed E-state index contributed by atoms with van der Waals surface area (Å²) in [6, 6.07) is 0. The van der Waals surface area contributed by atoms with Crippen molar-refractivity contribution in [3.63, 3.8) is 0 Å². The van der Waals surface area contributed by atoms with Gasteiger partial charge in [0, 0.05) is 6.42 Å². The van der Waals surface area contributed by atoms with Gasteiger partial charge >= 0.3 is 5.97 Å². The maximum atomic E-state index is 12.1. The second-order valence-electron chi connectivity index (χ2n) is 6.17. The summed E-state index contributed by atoms with van der Waals surface area (Å²) in [6.07, 6.45) is 7.03. The third-order valence-electron chi connectivity index (χ3n) is 4.66. The Morgan fingerprint density at radius 3 is 2.48 bits per heavy atom. The van der Waals surface area contributed by atoms with E-state index in [0.717, 1.165) is 38.8 Å². The molecule has 2 fully saturated rings. The van der Waals surface area contributed by atoms with Gasteiger partial charge in [0.25, 0.3) is 0 Å². The summed E-state index contributed by atoms with van der Waals surface area (Å²) in [7, 11) is 1.40. The molecule has 1 aliphatic carbocycles. The quantitative estimate of drug-likeness (QED) is 0.733. The lowest BCUT2D eigenvalue weighted by Crippen LogP contribution is -2.54. The Hall–Kier alpha value is -0.810. The average Bonchev–Trinajstić information content (AvgIpc) is 2.43. The van der Waals surface area contributed by atoms with Crippen molar-refractivity contribution in [2.75, 3.05) is 20.2 Å². The molecule has 21 heavy (non-hydrogen) atoms. The Bertz CT molecular complexity index is 353. The number of rotatable bonds is 6. The van der Waals surface area contributed by atoms with Crippen LogP contribution in [0.15, 0.2) is 0 Å². The Kier molecular flexibility index (Phi) is 7.46. The van der Waals surface area contributed by atoms with Gasteiger partial charge in [0.2, 0.25) is 5.91 Å². The number of methoxy groups -OCH3 is 1. The summed E-state index contributed by atoms with van der Waals surface area (Å²) in [5, 5.41) is 6.41. The SMILES string of the molecule is COC(=O)CC1(NC(=O)CCC2CCNCC2)CCC1.Cl. The standard InChI is InChI=1S/C15H26N2O3.ClH/c1-20-14(19)11-15(7-2-8-15)17-13(18)4-3-12-5-9-16-10-6-12;/h12,16H,2-11H2,1H3,(H,17,18);1H. The van der Waals surface area contributed by atoms with Gasteiger partial charge < -0.3 is 15.4 Å². The molecule has 0 aromatic carbocycles. The van der Waals surface area contributed by atoms with Crippen molar-refractivity contribution < 1.29 is 14.3 Å². The van der Waals surface area contributed by atoms with Crippen LogP contribution in [0.25, 0.3) is 0 Å². The van der Waals surface area contributed by atoms with Gasteiger partial charge in [-0.2, -0.15) is 0 Å². The summed E-state index contributed by atoms with van der Waals surface area (Å²) >= 11 is 0. The second-order valence-corrected chi connectivity index (χ2v) is 6.17. The minimum atomic E-state index is -0.321. The second kappa shape index (κ2) is 8.59. The van der Waals surface area contributed by atoms with Crippen LogP contribution in [-0.4, -0.2) is 37.6 Å². The van der Waals surface area contributed by atoms with Crippen LogP contribution in [-0.2, 0) is 14.3 Å². The molecule has 1 heterocycles. The fourth-order valence-electron chi connectivity index (χ4n) is 3.16. The van der Waals surface area contributed by atoms with E-state index in [1.54, 1.807) is 0 Å². The van der Waals surface area contributed by atoms with Crippen molar-refractivity contribution in [1.29, 1.82) is 0 Å². The lowest BCUT2D eigenvalue weighted by atomic mass is 9.74. The van der Waals surface area contributed by atoms with Gasteiger partial charge in [-0.1, -0.05) is 0 Å². The third kappa shape index (κ3) is 5.47. The largest absolute Gasteiger partial charge is 0.469 e. The van der Waals surface area contributed by atoms with Gasteiger partial charge in [-0.05, 0) is 57.5 Å². The number of carbonyl (C=O) groups excluding carboxylic acids is 2. The number of nitrogens with one attached hydrogen (secondary N) is 2. The molecule has 0 bridgehead atoms. The van der Waals surface area contributed by atoms with Gasteiger partial charge in [-0.3, -0.25) is 9.59 Å². The molecule has 0 aromatic heterocycles. The zero-order valence-electron chi connectivity index (χ0n) is 12.8. The predicted octanol–water partition coefficient (Wildman–Crippen LogP) is 1.79. The molecule has 6 heteroatoms. The van der Waals surface area contributed by atoms with Crippen LogP contribution < -0.4 is 10.6 Å². The summed E-state index contributed by atoms with van der Waals surface area (Å²) in [6.45, 7) is 2.14. The number of halogens is 1. The molecule has 1 saturated heterocycles. The Labute approximate surface area is 133 Å². The zero-order valence-corrected chi connectivity index (χ0v) is 13.6. The number of esters is 1. The van der Waals surface area contributed by atoms with Crippen LogP contribution in [0.2, 0.25) is 0 Å². The predicted molar refractivity (Wildman–Crippen MR) is 83.4 cm³/mol. The molecule has 0 unspecified atom stereocenters. The number of piperidine rings is 1. The average molecular weight is 319 g/mol. The van der Waals surface area contributed by atoms with Gasteiger partial charge in [-0.25, -0.2) is 0 Å². The van der Waals surface area contributed by atoms with Crippen LogP contribution in [0.4, 0.5) is 0 Å². The van der Waals surface area contributed by atoms with E-state index in [1.165, 1.54) is 20.0 Å². The first kappa shape index (κ1) is 18.2. The van der Waals surface area contributed by atoms with Crippen molar-refractivity contribution in [1.82, 2.24) is 10.6 Å². The van der Waals surface area contributed by atoms with Crippen LogP contribution in [0.5, 0.6) is 0 Å². The molecule has 1 aliphatic heterocycles. The van der Waals surface area contributed by atoms with Crippen molar-refractivity contribution in [3.8, 4) is 0 Å². The first-order valence-electron chi connectivity index (χ1n) is 7.72. The van der Waals surface area contributed by atoms with Crippen LogP contribution in [0.3, 0.4) is 0 Å². The Morgan fingerprint density at radius 2 is 1.95 bits per heavy atom. The molecular weight excluding hydrogens is 292 g/mol. The van der Waals surface area contributed by atoms with E-state index < -0.39 is 0 Å². The monoisotopic (exact) mass is 318 g/mol. The Morgan fingerprint density at radius 1 is 1.29 bits per heavy atom. The van der Waals surface area contributed by atoms with Crippen molar-refractivity contribution in [2.24, 2.45) is 5.92 Å². The molecule has 0 atom stereocenters. The summed E-state index contributed by atoms with van der Waals surface area (Å²) in [4.78, 5) is 23.5. The summed E-state index contributed by atoms with van der Waals surface area (Å²) in [5.41, 5.74) is -0.321. The lowest BCUT2D eigenvalue weighted by Gasteiger charge is -2.41. The lowest BCUT2D eigenvalue weighted by molar-refractivity contribution is -0.144. The molecule has 0 radical (unpaired) electrons. The maximum Gasteiger partial charge on any atom is 0.307 e. The molecule has 122 valence electrons. The van der Waals surface area contributed by atoms with E-state index >= 15 is 0 Å². The highest BCUT2D eigenvalue weighted by atomic mass is 35.5. The number of ether oxygens (including phenoxy) is 1. The van der Waals surface area contributed by atoms with Crippen molar-refractivity contribution >= 4 is 24.3 Å². The number of carbonyl (C=O) groups is 2. The number of hydrogen-bond acceptors (Lipinski definition) is 4. The smallest absolute Gasteiger partial charge is 0.307 e. The summed E-state index contributed by atoms with van der Waals surface area (Å²) in [5.74, 6) is 0.524. The summed E-state index contributed by atoms with van der Waals surface area (Å²) < 4.78 is 4.72. The van der Waals surface area contributed by atoms with E-state index in [4.69, 9.17) is 4.74 Å². The first-order valence-corrected chi connectivity index (χ1v) is 7.72. The normalized spacial score (nSPS) is 20.8. The molecule has 2 N–H and O–H groups in total. The minimum Gasteiger partial charge on any atom is -0.469 e. The number of amides is 1. The maximum absolute atomic E-state index is 12.1. The van der Waals surface area contributed by atoms with Crippen LogP contribution in [0, 0.1) is 5.92 Å². The van der Waals surface area contributed by atoms with Gasteiger partial charge in [0.05, 0.1) is 19.1 Å². The molecule has 1 amide bonds. The van der Waals surface area contributed by atoms with Crippen molar-refractivity contribution in [2.45, 2.75) is 56.9 Å². The molecule has 1 saturated carbocycles. The highest BCUT2D eigenvalue weighted by molar-refractivity contribution is 5.85. The molecule has 2 rings (SSSR count). The Balaban J connectivity index is 0.00000220. The molecule has 0 spiro atoms. The fraction of sp³-hybridized carbons (Fsp3) is 0.867. The van der Waals surface area contributed by atoms with Gasteiger partial charge in [-0.15, -0.1) is 12.4 Å². The van der Waals surface area contributed by atoms with E-state index in [2.05, 4.69) is 10.6 Å². The first-order chi connectivity index (χ1) is 9.63. The highest BCUT2D eigenvalue weighted by Crippen LogP contribution is 2.35. The van der Waals surface area contributed by atoms with Crippen molar-refractivity contribution in [3.05, 3.63) is 0 Å². The van der Waals surface area contributed by atoms with Gasteiger partial charge in [0.15, 0.2) is 0 Å². The van der Waals surface area contributed by atoms with Gasteiger partial charge in [0.1, 0.15) is 0 Å². The molecular formula is C15H27ClN2O3. The highest BCUT2D eigenvalue weighted by Gasteiger charge is 2.40. The zero-order chi connectivity index (χ0) is 14.4.